The van der Waals surface area contributed by atoms with Crippen LogP contribution in [-0.2, 0) is 32.7 Å². The number of allylic oxidation sites excluding steroid dienone is 8. The van der Waals surface area contributed by atoms with Gasteiger partial charge < -0.3 is 25.2 Å². The number of nitrogens with one attached hydrogen (secondary N) is 1. The number of carboxylic acid groups (broad SMARTS) is 1. The normalized spacial score (nSPS) is 14.4. The Labute approximate surface area is 307 Å². The Balaban J connectivity index is 3.91. The van der Waals surface area contributed by atoms with E-state index in [0.717, 1.165) is 83.5 Å². The lowest BCUT2D eigenvalue weighted by Gasteiger charge is -2.18. The fourth-order valence-electron chi connectivity index (χ4n) is 4.83. The van der Waals surface area contributed by atoms with Gasteiger partial charge in [0.2, 0.25) is 5.91 Å². The van der Waals surface area contributed by atoms with E-state index in [4.69, 9.17) is 13.8 Å². The fraction of sp³-hybridized carbons (Fsp3) is 0.718. The molecule has 0 heterocycles. The zero-order valence-corrected chi connectivity index (χ0v) is 32.3. The van der Waals surface area contributed by atoms with Crippen LogP contribution in [0.4, 0.5) is 0 Å². The summed E-state index contributed by atoms with van der Waals surface area (Å²) in [4.78, 5) is 45.4. The summed E-state index contributed by atoms with van der Waals surface area (Å²) in [5, 5.41) is 21.6. The van der Waals surface area contributed by atoms with Crippen molar-refractivity contribution in [3.8, 4) is 0 Å². The van der Waals surface area contributed by atoms with Crippen LogP contribution in [-0.4, -0.2) is 64.9 Å². The molecule has 12 heteroatoms. The largest absolute Gasteiger partial charge is 0.480 e. The first-order valence-corrected chi connectivity index (χ1v) is 20.7. The van der Waals surface area contributed by atoms with Gasteiger partial charge in [-0.2, -0.15) is 0 Å². The number of aliphatic hydroxyl groups excluding tert-OH is 1. The third-order valence-electron chi connectivity index (χ3n) is 7.87. The van der Waals surface area contributed by atoms with Crippen LogP contribution < -0.4 is 5.32 Å². The molecule has 0 spiro atoms. The smallest absolute Gasteiger partial charge is 0.472 e. The van der Waals surface area contributed by atoms with Gasteiger partial charge in [-0.25, -0.2) is 9.36 Å². The molecule has 3 atom stereocenters. The fourth-order valence-corrected chi connectivity index (χ4v) is 5.60. The highest BCUT2D eigenvalue weighted by molar-refractivity contribution is 7.47. The minimum absolute atomic E-state index is 0.140. The molecule has 11 nitrogen and oxygen atoms in total. The van der Waals surface area contributed by atoms with Crippen LogP contribution in [0.5, 0.6) is 0 Å². The molecule has 0 aromatic carbocycles. The average Bonchev–Trinajstić information content (AvgIpc) is 3.10. The highest BCUT2D eigenvalue weighted by Crippen LogP contribution is 2.43. The first-order valence-electron chi connectivity index (χ1n) is 19.2. The number of amides is 1. The lowest BCUT2D eigenvalue weighted by Crippen LogP contribution is -2.43. The predicted molar refractivity (Wildman–Crippen MR) is 203 cm³/mol. The number of esters is 1. The molecule has 3 unspecified atom stereocenters. The van der Waals surface area contributed by atoms with Crippen LogP contribution in [0.1, 0.15) is 149 Å². The maximum Gasteiger partial charge on any atom is 0.472 e. The van der Waals surface area contributed by atoms with Crippen molar-refractivity contribution in [1.29, 1.82) is 0 Å². The molecule has 0 saturated heterocycles. The quantitative estimate of drug-likeness (QED) is 0.0213. The van der Waals surface area contributed by atoms with E-state index < -0.39 is 57.6 Å². The van der Waals surface area contributed by atoms with Crippen LogP contribution in [0, 0.1) is 0 Å². The Kier molecular flexibility index (Phi) is 32.8. The molecule has 0 aromatic rings. The van der Waals surface area contributed by atoms with Gasteiger partial charge >= 0.3 is 19.8 Å². The minimum Gasteiger partial charge on any atom is -0.480 e. The number of aliphatic hydroxyl groups is 1. The van der Waals surface area contributed by atoms with Crippen molar-refractivity contribution in [2.45, 2.75) is 161 Å². The van der Waals surface area contributed by atoms with Gasteiger partial charge in [0.1, 0.15) is 12.7 Å². The number of unbranched alkanes of at least 4 members (excludes halogenated alkanes) is 13. The van der Waals surface area contributed by atoms with Crippen molar-refractivity contribution in [2.75, 3.05) is 19.8 Å². The molecule has 0 rings (SSSR count). The molecule has 0 bridgehead atoms. The van der Waals surface area contributed by atoms with Crippen molar-refractivity contribution >= 4 is 25.7 Å². The Bertz CT molecular complexity index is 1060. The summed E-state index contributed by atoms with van der Waals surface area (Å²) in [6.45, 7) is 2.42. The van der Waals surface area contributed by atoms with Gasteiger partial charge in [0.05, 0.1) is 13.2 Å². The third-order valence-corrected chi connectivity index (χ3v) is 8.82. The third kappa shape index (κ3) is 34.3. The van der Waals surface area contributed by atoms with E-state index in [1.54, 1.807) is 0 Å². The molecule has 0 aromatic heterocycles. The molecule has 4 N–H and O–H groups in total. The van der Waals surface area contributed by atoms with Crippen LogP contribution >= 0.6 is 7.82 Å². The van der Waals surface area contributed by atoms with Crippen molar-refractivity contribution in [3.05, 3.63) is 48.6 Å². The lowest BCUT2D eigenvalue weighted by atomic mass is 10.1. The monoisotopic (exact) mass is 741 g/mol. The van der Waals surface area contributed by atoms with Gasteiger partial charge in [-0.3, -0.25) is 18.6 Å². The number of phosphoric acid groups is 1. The van der Waals surface area contributed by atoms with E-state index in [1.165, 1.54) is 25.7 Å². The number of ether oxygens (including phenoxy) is 1. The number of hydrogen-bond acceptors (Lipinski definition) is 8. The van der Waals surface area contributed by atoms with Crippen molar-refractivity contribution in [1.82, 2.24) is 5.32 Å². The van der Waals surface area contributed by atoms with Gasteiger partial charge in [-0.1, -0.05) is 127 Å². The molecular formula is C39H68NO10P. The summed E-state index contributed by atoms with van der Waals surface area (Å²) in [6, 6.07) is -1.54. The SMILES string of the molecule is CCCCC/C=C\C/C=C\C/C=C\C/C=C\CCCCCCCC(=O)OCC(O)COP(=O)(O)OCC(NC(=O)CCCCCCCC)C(=O)O. The number of rotatable bonds is 35. The summed E-state index contributed by atoms with van der Waals surface area (Å²) in [5.41, 5.74) is 0. The second kappa shape index (κ2) is 34.5. The molecule has 0 fully saturated rings. The zero-order chi connectivity index (χ0) is 37.8. The van der Waals surface area contributed by atoms with Crippen LogP contribution in [0.25, 0.3) is 0 Å². The maximum absolute atomic E-state index is 12.2. The number of carbonyl (C=O) groups is 3. The summed E-state index contributed by atoms with van der Waals surface area (Å²) in [5.74, 6) is -2.41. The number of carbonyl (C=O) groups excluding carboxylic acids is 2. The Morgan fingerprint density at radius 1 is 0.627 bits per heavy atom. The molecule has 51 heavy (non-hydrogen) atoms. The van der Waals surface area contributed by atoms with E-state index >= 15 is 0 Å². The highest BCUT2D eigenvalue weighted by Gasteiger charge is 2.28. The van der Waals surface area contributed by atoms with Gasteiger partial charge in [0.25, 0.3) is 0 Å². The summed E-state index contributed by atoms with van der Waals surface area (Å²) in [6.07, 6.45) is 36.2. The Morgan fingerprint density at radius 2 is 1.08 bits per heavy atom. The summed E-state index contributed by atoms with van der Waals surface area (Å²) < 4.78 is 26.6. The molecule has 0 saturated carbocycles. The van der Waals surface area contributed by atoms with E-state index in [0.29, 0.717) is 12.8 Å². The summed E-state index contributed by atoms with van der Waals surface area (Å²) in [7, 11) is -4.75. The standard InChI is InChI=1S/C39H68NO10P/c1-3-5-7-9-11-12-13-14-15-16-17-18-19-20-21-22-23-24-25-27-29-31-38(43)48-32-35(41)33-49-51(46,47)50-34-36(39(44)45)40-37(42)30-28-26-10-8-6-4-2/h11-12,14-15,17-18,20-21,35-36,41H,3-10,13,16,19,22-34H2,1-2H3,(H,40,42)(H,44,45)(H,46,47)/b12-11-,15-14-,18-17-,21-20-. The van der Waals surface area contributed by atoms with Gasteiger partial charge in [0, 0.05) is 12.8 Å². The molecule has 0 aliphatic heterocycles. The second-order valence-electron chi connectivity index (χ2n) is 12.8. The Morgan fingerprint density at radius 3 is 1.65 bits per heavy atom. The van der Waals surface area contributed by atoms with Crippen LogP contribution in [0.2, 0.25) is 0 Å². The first-order chi connectivity index (χ1) is 24.6. The molecule has 0 aliphatic carbocycles. The number of phosphoric ester groups is 1. The van der Waals surface area contributed by atoms with Crippen molar-refractivity contribution in [2.24, 2.45) is 0 Å². The highest BCUT2D eigenvalue weighted by atomic mass is 31.2. The number of carboxylic acids is 1. The molecule has 1 amide bonds. The zero-order valence-electron chi connectivity index (χ0n) is 31.4. The van der Waals surface area contributed by atoms with Gasteiger partial charge in [0.15, 0.2) is 6.04 Å². The van der Waals surface area contributed by atoms with E-state index in [2.05, 4.69) is 67.8 Å². The van der Waals surface area contributed by atoms with Gasteiger partial charge in [-0.05, 0) is 57.8 Å². The van der Waals surface area contributed by atoms with Crippen molar-refractivity contribution in [3.63, 3.8) is 0 Å². The minimum atomic E-state index is -4.75. The van der Waals surface area contributed by atoms with E-state index in [1.807, 2.05) is 0 Å². The molecular weight excluding hydrogens is 673 g/mol. The molecule has 294 valence electrons. The number of aliphatic carboxylic acids is 1. The topological polar surface area (TPSA) is 169 Å². The first kappa shape index (κ1) is 48.4. The summed E-state index contributed by atoms with van der Waals surface area (Å²) >= 11 is 0. The average molecular weight is 742 g/mol. The lowest BCUT2D eigenvalue weighted by molar-refractivity contribution is -0.147. The Hall–Kier alpha value is -2.56. The molecule has 0 aliphatic rings. The second-order valence-corrected chi connectivity index (χ2v) is 14.2. The van der Waals surface area contributed by atoms with Crippen molar-refractivity contribution < 1.29 is 47.8 Å². The predicted octanol–water partition coefficient (Wildman–Crippen LogP) is 9.05. The van der Waals surface area contributed by atoms with Crippen LogP contribution in [0.3, 0.4) is 0 Å². The van der Waals surface area contributed by atoms with Crippen LogP contribution in [0.15, 0.2) is 48.6 Å². The molecule has 0 radical (unpaired) electrons. The van der Waals surface area contributed by atoms with E-state index in [-0.39, 0.29) is 12.8 Å². The van der Waals surface area contributed by atoms with E-state index in [9.17, 15) is 34.1 Å². The maximum atomic E-state index is 12.2. The number of hydrogen-bond donors (Lipinski definition) is 4. The van der Waals surface area contributed by atoms with Gasteiger partial charge in [-0.15, -0.1) is 0 Å².